The minimum atomic E-state index is -0.289. The number of methoxy groups -OCH3 is 1. The number of benzene rings is 1. The lowest BCUT2D eigenvalue weighted by Gasteiger charge is -2.04. The zero-order chi connectivity index (χ0) is 11.0. The van der Waals surface area contributed by atoms with E-state index < -0.39 is 0 Å². The minimum Gasteiger partial charge on any atom is -0.491 e. The zero-order valence-electron chi connectivity index (χ0n) is 7.80. The average molecular weight is 244 g/mol. The number of nitrogens with one attached hydrogen (secondary N) is 1. The van der Waals surface area contributed by atoms with Crippen LogP contribution in [0.25, 0.3) is 10.9 Å². The fraction of sp³-hybridized carbons (Fsp3) is 0.100. The normalized spacial score (nSPS) is 10.6. The molecule has 0 saturated heterocycles. The zero-order valence-corrected chi connectivity index (χ0v) is 9.32. The van der Waals surface area contributed by atoms with Gasteiger partial charge in [0.1, 0.15) is 0 Å². The molecular formula is C10H7Cl2NO2. The standard InChI is InChI=1S/C10H7Cl2NO2/c1-15-8-4-5-7(13-10(8)14)3-2-6(11)9(5)12/h2-4H,1H3,(H,13,14). The van der Waals surface area contributed by atoms with Crippen LogP contribution >= 0.6 is 23.2 Å². The SMILES string of the molecule is COc1cc2c(Cl)c(Cl)ccc2[nH]c1=O. The molecule has 0 saturated carbocycles. The monoisotopic (exact) mass is 243 g/mol. The van der Waals surface area contributed by atoms with Gasteiger partial charge in [0, 0.05) is 5.39 Å². The minimum absolute atomic E-state index is 0.215. The van der Waals surface area contributed by atoms with Crippen LogP contribution in [0.4, 0.5) is 0 Å². The first-order valence-corrected chi connectivity index (χ1v) is 4.94. The van der Waals surface area contributed by atoms with Crippen molar-refractivity contribution >= 4 is 34.1 Å². The van der Waals surface area contributed by atoms with Crippen LogP contribution in [0.1, 0.15) is 0 Å². The van der Waals surface area contributed by atoms with Gasteiger partial charge in [-0.2, -0.15) is 0 Å². The van der Waals surface area contributed by atoms with E-state index >= 15 is 0 Å². The van der Waals surface area contributed by atoms with Crippen LogP contribution in [0.15, 0.2) is 23.0 Å². The molecule has 0 spiro atoms. The lowest BCUT2D eigenvalue weighted by molar-refractivity contribution is 0.409. The molecule has 2 aromatic rings. The molecule has 1 aromatic carbocycles. The summed E-state index contributed by atoms with van der Waals surface area (Å²) < 4.78 is 4.90. The van der Waals surface area contributed by atoms with Gasteiger partial charge < -0.3 is 9.72 Å². The molecule has 5 heteroatoms. The van der Waals surface area contributed by atoms with E-state index in [0.717, 1.165) is 0 Å². The second kappa shape index (κ2) is 3.76. The maximum atomic E-state index is 11.4. The quantitative estimate of drug-likeness (QED) is 0.837. The summed E-state index contributed by atoms with van der Waals surface area (Å²) in [5.41, 5.74) is 0.346. The number of halogens is 2. The highest BCUT2D eigenvalue weighted by Crippen LogP contribution is 2.30. The van der Waals surface area contributed by atoms with E-state index in [1.165, 1.54) is 7.11 Å². The number of fused-ring (bicyclic) bond motifs is 1. The molecule has 0 aliphatic carbocycles. The molecule has 3 nitrogen and oxygen atoms in total. The van der Waals surface area contributed by atoms with Crippen molar-refractivity contribution in [2.24, 2.45) is 0 Å². The van der Waals surface area contributed by atoms with Crippen LogP contribution in [0.2, 0.25) is 10.0 Å². The highest BCUT2D eigenvalue weighted by atomic mass is 35.5. The van der Waals surface area contributed by atoms with E-state index in [1.807, 2.05) is 0 Å². The summed E-state index contributed by atoms with van der Waals surface area (Å²) in [4.78, 5) is 14.1. The third-order valence-corrected chi connectivity index (χ3v) is 2.92. The van der Waals surface area contributed by atoms with Crippen molar-refractivity contribution in [3.05, 3.63) is 38.6 Å². The maximum Gasteiger partial charge on any atom is 0.290 e. The third-order valence-electron chi connectivity index (χ3n) is 2.10. The van der Waals surface area contributed by atoms with Crippen molar-refractivity contribution in [2.75, 3.05) is 7.11 Å². The van der Waals surface area contributed by atoms with Gasteiger partial charge in [0.15, 0.2) is 5.75 Å². The Morgan fingerprint density at radius 3 is 2.73 bits per heavy atom. The van der Waals surface area contributed by atoms with Crippen LogP contribution in [0, 0.1) is 0 Å². The lowest BCUT2D eigenvalue weighted by atomic mass is 10.2. The molecule has 0 aliphatic heterocycles. The molecule has 1 heterocycles. The summed E-state index contributed by atoms with van der Waals surface area (Å²) in [5, 5.41) is 1.52. The first kappa shape index (κ1) is 10.3. The van der Waals surface area contributed by atoms with Crippen LogP contribution in [-0.2, 0) is 0 Å². The van der Waals surface area contributed by atoms with Crippen molar-refractivity contribution in [1.82, 2.24) is 4.98 Å². The molecule has 0 unspecified atom stereocenters. The van der Waals surface area contributed by atoms with E-state index in [4.69, 9.17) is 27.9 Å². The molecule has 0 atom stereocenters. The van der Waals surface area contributed by atoms with Gasteiger partial charge in [0.2, 0.25) is 0 Å². The number of hydrogen-bond donors (Lipinski definition) is 1. The number of aromatic amines is 1. The topological polar surface area (TPSA) is 42.1 Å². The summed E-state index contributed by atoms with van der Waals surface area (Å²) in [7, 11) is 1.43. The van der Waals surface area contributed by atoms with E-state index in [1.54, 1.807) is 18.2 Å². The van der Waals surface area contributed by atoms with Crippen molar-refractivity contribution in [3.8, 4) is 5.75 Å². The van der Waals surface area contributed by atoms with Crippen LogP contribution in [-0.4, -0.2) is 12.1 Å². The van der Waals surface area contributed by atoms with Crippen molar-refractivity contribution in [2.45, 2.75) is 0 Å². The summed E-state index contributed by atoms with van der Waals surface area (Å²) in [6.07, 6.45) is 0. The Morgan fingerprint density at radius 1 is 1.33 bits per heavy atom. The van der Waals surface area contributed by atoms with Gasteiger partial charge in [-0.25, -0.2) is 0 Å². The Morgan fingerprint density at radius 2 is 2.07 bits per heavy atom. The van der Waals surface area contributed by atoms with Gasteiger partial charge in [-0.05, 0) is 18.2 Å². The predicted molar refractivity (Wildman–Crippen MR) is 61.1 cm³/mol. The Balaban J connectivity index is 2.89. The van der Waals surface area contributed by atoms with Crippen molar-refractivity contribution in [1.29, 1.82) is 0 Å². The largest absolute Gasteiger partial charge is 0.491 e. The summed E-state index contributed by atoms with van der Waals surface area (Å²) in [6, 6.07) is 4.90. The van der Waals surface area contributed by atoms with Gasteiger partial charge in [0.05, 0.1) is 22.7 Å². The fourth-order valence-electron chi connectivity index (χ4n) is 1.35. The van der Waals surface area contributed by atoms with Crippen molar-refractivity contribution in [3.63, 3.8) is 0 Å². The van der Waals surface area contributed by atoms with Gasteiger partial charge >= 0.3 is 0 Å². The molecule has 1 N–H and O–H groups in total. The highest BCUT2D eigenvalue weighted by molar-refractivity contribution is 6.45. The van der Waals surface area contributed by atoms with Crippen molar-refractivity contribution < 1.29 is 4.74 Å². The average Bonchev–Trinajstić information content (AvgIpc) is 2.23. The molecule has 0 amide bonds. The van der Waals surface area contributed by atoms with Crippen LogP contribution in [0.3, 0.4) is 0 Å². The Kier molecular flexibility index (Phi) is 2.59. The van der Waals surface area contributed by atoms with Gasteiger partial charge in [-0.1, -0.05) is 23.2 Å². The number of hydrogen-bond acceptors (Lipinski definition) is 2. The van der Waals surface area contributed by atoms with E-state index in [-0.39, 0.29) is 11.3 Å². The first-order valence-electron chi connectivity index (χ1n) is 4.18. The summed E-state index contributed by atoms with van der Waals surface area (Å²) >= 11 is 11.9. The van der Waals surface area contributed by atoms with E-state index in [9.17, 15) is 4.79 Å². The maximum absolute atomic E-state index is 11.4. The molecule has 0 radical (unpaired) electrons. The number of H-pyrrole nitrogens is 1. The van der Waals surface area contributed by atoms with Crippen LogP contribution in [0.5, 0.6) is 5.75 Å². The molecular weight excluding hydrogens is 237 g/mol. The fourth-order valence-corrected chi connectivity index (χ4v) is 1.73. The summed E-state index contributed by atoms with van der Waals surface area (Å²) in [6.45, 7) is 0. The van der Waals surface area contributed by atoms with Crippen LogP contribution < -0.4 is 10.3 Å². The Bertz CT molecular complexity index is 577. The summed E-state index contributed by atoms with van der Waals surface area (Å²) in [5.74, 6) is 0.215. The Labute approximate surface area is 95.6 Å². The molecule has 78 valence electrons. The van der Waals surface area contributed by atoms with E-state index in [2.05, 4.69) is 4.98 Å². The highest BCUT2D eigenvalue weighted by Gasteiger charge is 2.07. The Hall–Kier alpha value is -1.19. The smallest absolute Gasteiger partial charge is 0.290 e. The van der Waals surface area contributed by atoms with Gasteiger partial charge in [0.25, 0.3) is 5.56 Å². The second-order valence-electron chi connectivity index (χ2n) is 2.99. The van der Waals surface area contributed by atoms with Gasteiger partial charge in [-0.3, -0.25) is 4.79 Å². The molecule has 1 aromatic heterocycles. The molecule has 0 fully saturated rings. The van der Waals surface area contributed by atoms with E-state index in [0.29, 0.717) is 20.9 Å². The molecule has 2 rings (SSSR count). The first-order chi connectivity index (χ1) is 7.13. The predicted octanol–water partition coefficient (Wildman–Crippen LogP) is 2.84. The number of rotatable bonds is 1. The molecule has 0 aliphatic rings. The lowest BCUT2D eigenvalue weighted by Crippen LogP contribution is -2.08. The molecule has 15 heavy (non-hydrogen) atoms. The number of pyridine rings is 1. The number of ether oxygens (including phenoxy) is 1. The number of aromatic nitrogens is 1. The van der Waals surface area contributed by atoms with Gasteiger partial charge in [-0.15, -0.1) is 0 Å². The third kappa shape index (κ3) is 1.68. The second-order valence-corrected chi connectivity index (χ2v) is 3.77. The molecule has 0 bridgehead atoms.